The number of nitrogens with one attached hydrogen (secondary N) is 1. The molecule has 3 unspecified atom stereocenters. The number of carbonyl (C=O) groups excluding carboxylic acids is 1. The maximum atomic E-state index is 12.3. The third-order valence-corrected chi connectivity index (χ3v) is 4.85. The van der Waals surface area contributed by atoms with E-state index in [1.807, 2.05) is 24.3 Å². The first kappa shape index (κ1) is 14.4. The summed E-state index contributed by atoms with van der Waals surface area (Å²) in [6, 6.07) is 7.87. The normalized spacial score (nSPS) is 27.8. The number of rotatable bonds is 4. The fourth-order valence-corrected chi connectivity index (χ4v) is 3.54. The summed E-state index contributed by atoms with van der Waals surface area (Å²) in [5, 5.41) is 3.07. The van der Waals surface area contributed by atoms with Crippen LogP contribution < -0.4 is 15.8 Å². The van der Waals surface area contributed by atoms with Gasteiger partial charge in [0.1, 0.15) is 5.75 Å². The average molecular weight is 288 g/mol. The van der Waals surface area contributed by atoms with Crippen LogP contribution in [0.2, 0.25) is 0 Å². The van der Waals surface area contributed by atoms with E-state index in [-0.39, 0.29) is 12.0 Å². The average Bonchev–Trinajstić information content (AvgIpc) is 2.97. The standard InChI is InChI=1S/C17H24N2O2/c18-10-13-6-1-2-7-14(13)11-19-17(20)16-9-12-5-3-4-8-15(12)21-16/h3-5,8,13-14,16H,1-2,6-7,9-11,18H2,(H,19,20). The van der Waals surface area contributed by atoms with Gasteiger partial charge in [-0.25, -0.2) is 0 Å². The predicted octanol–water partition coefficient (Wildman–Crippen LogP) is 1.87. The van der Waals surface area contributed by atoms with E-state index in [1.165, 1.54) is 25.7 Å². The third-order valence-electron chi connectivity index (χ3n) is 4.85. The molecule has 1 amide bonds. The maximum Gasteiger partial charge on any atom is 0.261 e. The lowest BCUT2D eigenvalue weighted by Gasteiger charge is -2.31. The molecule has 1 heterocycles. The summed E-state index contributed by atoms with van der Waals surface area (Å²) in [4.78, 5) is 12.3. The molecule has 114 valence electrons. The molecule has 3 atom stereocenters. The Bertz CT molecular complexity index is 478. The Kier molecular flexibility index (Phi) is 4.44. The van der Waals surface area contributed by atoms with Crippen molar-refractivity contribution < 1.29 is 9.53 Å². The molecular weight excluding hydrogens is 264 g/mol. The Morgan fingerprint density at radius 2 is 2.00 bits per heavy atom. The number of benzene rings is 1. The summed E-state index contributed by atoms with van der Waals surface area (Å²) in [7, 11) is 0. The van der Waals surface area contributed by atoms with Crippen molar-refractivity contribution in [2.24, 2.45) is 17.6 Å². The topological polar surface area (TPSA) is 64.3 Å². The lowest BCUT2D eigenvalue weighted by atomic mass is 9.79. The first-order valence-electron chi connectivity index (χ1n) is 8.00. The SMILES string of the molecule is NCC1CCCCC1CNC(=O)C1Cc2ccccc2O1. The van der Waals surface area contributed by atoms with Crippen molar-refractivity contribution >= 4 is 5.91 Å². The van der Waals surface area contributed by atoms with E-state index >= 15 is 0 Å². The van der Waals surface area contributed by atoms with Crippen molar-refractivity contribution in [3.63, 3.8) is 0 Å². The van der Waals surface area contributed by atoms with Crippen LogP contribution in [0.25, 0.3) is 0 Å². The van der Waals surface area contributed by atoms with E-state index in [2.05, 4.69) is 5.32 Å². The number of hydrogen-bond acceptors (Lipinski definition) is 3. The number of amides is 1. The largest absolute Gasteiger partial charge is 0.480 e. The first-order chi connectivity index (χ1) is 10.3. The summed E-state index contributed by atoms with van der Waals surface area (Å²) in [6.45, 7) is 1.46. The minimum atomic E-state index is -0.373. The second kappa shape index (κ2) is 6.48. The smallest absolute Gasteiger partial charge is 0.261 e. The van der Waals surface area contributed by atoms with E-state index in [9.17, 15) is 4.79 Å². The highest BCUT2D eigenvalue weighted by molar-refractivity contribution is 5.82. The number of hydrogen-bond donors (Lipinski definition) is 2. The molecule has 4 heteroatoms. The van der Waals surface area contributed by atoms with Gasteiger partial charge in [0, 0.05) is 13.0 Å². The van der Waals surface area contributed by atoms with Crippen molar-refractivity contribution in [1.82, 2.24) is 5.32 Å². The lowest BCUT2D eigenvalue weighted by molar-refractivity contribution is -0.127. The molecule has 1 aliphatic carbocycles. The zero-order valence-corrected chi connectivity index (χ0v) is 12.4. The van der Waals surface area contributed by atoms with E-state index < -0.39 is 0 Å². The monoisotopic (exact) mass is 288 g/mol. The quantitative estimate of drug-likeness (QED) is 0.889. The van der Waals surface area contributed by atoms with Gasteiger partial charge in [0.25, 0.3) is 5.91 Å². The van der Waals surface area contributed by atoms with Crippen LogP contribution in [0.3, 0.4) is 0 Å². The van der Waals surface area contributed by atoms with Crippen molar-refractivity contribution in [2.45, 2.75) is 38.2 Å². The number of ether oxygens (including phenoxy) is 1. The molecule has 1 fully saturated rings. The minimum absolute atomic E-state index is 0.00699. The van der Waals surface area contributed by atoms with Crippen molar-refractivity contribution in [1.29, 1.82) is 0 Å². The van der Waals surface area contributed by atoms with Crippen LogP contribution in [0.5, 0.6) is 5.75 Å². The molecule has 0 saturated heterocycles. The highest BCUT2D eigenvalue weighted by atomic mass is 16.5. The molecule has 0 bridgehead atoms. The van der Waals surface area contributed by atoms with Gasteiger partial charge in [-0.15, -0.1) is 0 Å². The number of nitrogens with two attached hydrogens (primary N) is 1. The zero-order chi connectivity index (χ0) is 14.7. The molecule has 21 heavy (non-hydrogen) atoms. The fraction of sp³-hybridized carbons (Fsp3) is 0.588. The molecule has 1 aromatic rings. The van der Waals surface area contributed by atoms with Crippen LogP contribution >= 0.6 is 0 Å². The molecule has 1 aliphatic heterocycles. The van der Waals surface area contributed by atoms with Crippen LogP contribution in [0.4, 0.5) is 0 Å². The Morgan fingerprint density at radius 1 is 1.24 bits per heavy atom. The second-order valence-electron chi connectivity index (χ2n) is 6.20. The molecule has 0 radical (unpaired) electrons. The van der Waals surface area contributed by atoms with Gasteiger partial charge in [-0.1, -0.05) is 31.0 Å². The molecule has 0 aromatic heterocycles. The summed E-state index contributed by atoms with van der Waals surface area (Å²) < 4.78 is 5.73. The maximum absolute atomic E-state index is 12.3. The van der Waals surface area contributed by atoms with Crippen molar-refractivity contribution in [3.05, 3.63) is 29.8 Å². The van der Waals surface area contributed by atoms with E-state index in [0.717, 1.165) is 24.4 Å². The third kappa shape index (κ3) is 3.21. The summed E-state index contributed by atoms with van der Waals surface area (Å²) >= 11 is 0. The van der Waals surface area contributed by atoms with Gasteiger partial charge < -0.3 is 15.8 Å². The highest BCUT2D eigenvalue weighted by Gasteiger charge is 2.30. The molecule has 2 aliphatic rings. The molecule has 3 N–H and O–H groups in total. The summed E-state index contributed by atoms with van der Waals surface area (Å²) in [5.41, 5.74) is 6.96. The summed E-state index contributed by atoms with van der Waals surface area (Å²) in [6.07, 6.45) is 5.20. The summed E-state index contributed by atoms with van der Waals surface area (Å²) in [5.74, 6) is 1.93. The van der Waals surface area contributed by atoms with E-state index in [1.54, 1.807) is 0 Å². The van der Waals surface area contributed by atoms with E-state index in [0.29, 0.717) is 18.3 Å². The Morgan fingerprint density at radius 3 is 2.76 bits per heavy atom. The van der Waals surface area contributed by atoms with Crippen LogP contribution in [0.15, 0.2) is 24.3 Å². The first-order valence-corrected chi connectivity index (χ1v) is 8.00. The van der Waals surface area contributed by atoms with Gasteiger partial charge in [-0.3, -0.25) is 4.79 Å². The van der Waals surface area contributed by atoms with Crippen molar-refractivity contribution in [2.75, 3.05) is 13.1 Å². The Balaban J connectivity index is 1.51. The van der Waals surface area contributed by atoms with Crippen LogP contribution in [-0.2, 0) is 11.2 Å². The van der Waals surface area contributed by atoms with Crippen molar-refractivity contribution in [3.8, 4) is 5.75 Å². The zero-order valence-electron chi connectivity index (χ0n) is 12.4. The second-order valence-corrected chi connectivity index (χ2v) is 6.20. The molecule has 4 nitrogen and oxygen atoms in total. The van der Waals surface area contributed by atoms with Gasteiger partial charge in [0.15, 0.2) is 6.10 Å². The minimum Gasteiger partial charge on any atom is -0.480 e. The molecular formula is C17H24N2O2. The number of para-hydroxylation sites is 1. The Hall–Kier alpha value is -1.55. The molecule has 0 spiro atoms. The lowest BCUT2D eigenvalue weighted by Crippen LogP contribution is -2.42. The molecule has 3 rings (SSSR count). The van der Waals surface area contributed by atoms with Crippen LogP contribution in [0, 0.1) is 11.8 Å². The molecule has 1 aromatic carbocycles. The highest BCUT2D eigenvalue weighted by Crippen LogP contribution is 2.30. The Labute approximate surface area is 126 Å². The van der Waals surface area contributed by atoms with Crippen LogP contribution in [0.1, 0.15) is 31.2 Å². The van der Waals surface area contributed by atoms with Gasteiger partial charge >= 0.3 is 0 Å². The van der Waals surface area contributed by atoms with Gasteiger partial charge in [0.2, 0.25) is 0 Å². The number of fused-ring (bicyclic) bond motifs is 1. The van der Waals surface area contributed by atoms with Gasteiger partial charge in [-0.2, -0.15) is 0 Å². The number of carbonyl (C=O) groups is 1. The van der Waals surface area contributed by atoms with Gasteiger partial charge in [0.05, 0.1) is 0 Å². The van der Waals surface area contributed by atoms with E-state index in [4.69, 9.17) is 10.5 Å². The van der Waals surface area contributed by atoms with Crippen LogP contribution in [-0.4, -0.2) is 25.1 Å². The fourth-order valence-electron chi connectivity index (χ4n) is 3.54. The predicted molar refractivity (Wildman–Crippen MR) is 82.1 cm³/mol. The molecule has 1 saturated carbocycles. The van der Waals surface area contributed by atoms with Gasteiger partial charge in [-0.05, 0) is 42.9 Å².